The minimum Gasteiger partial charge on any atom is -0.467 e. The zero-order chi connectivity index (χ0) is 18.1. The molecule has 1 amide bonds. The number of rotatable bonds is 3. The van der Waals surface area contributed by atoms with E-state index >= 15 is 0 Å². The number of carbonyl (C=O) groups excluding carboxylic acids is 3. The summed E-state index contributed by atoms with van der Waals surface area (Å²) in [6, 6.07) is -1.04. The Morgan fingerprint density at radius 3 is 2.54 bits per heavy atom. The average molecular weight is 342 g/mol. The molecule has 0 spiro atoms. The summed E-state index contributed by atoms with van der Waals surface area (Å²) in [5, 5.41) is 3.73. The number of likely N-dealkylation sites (tertiary alicyclic amines) is 1. The lowest BCUT2D eigenvalue weighted by Gasteiger charge is -2.28. The first-order valence-electron chi connectivity index (χ1n) is 7.68. The van der Waals surface area contributed by atoms with Crippen molar-refractivity contribution >= 4 is 23.7 Å². The van der Waals surface area contributed by atoms with E-state index in [0.717, 1.165) is 0 Å². The predicted octanol–water partition coefficient (Wildman–Crippen LogP) is 0.713. The molecule has 2 rings (SSSR count). The molecule has 9 nitrogen and oxygen atoms in total. The van der Waals surface area contributed by atoms with Gasteiger partial charge >= 0.3 is 18.0 Å². The fourth-order valence-electron chi connectivity index (χ4n) is 2.67. The first kappa shape index (κ1) is 18.0. The van der Waals surface area contributed by atoms with E-state index in [-0.39, 0.29) is 18.9 Å². The van der Waals surface area contributed by atoms with Crippen molar-refractivity contribution in [3.8, 4) is 0 Å². The Balaban J connectivity index is 2.23. The van der Waals surface area contributed by atoms with Gasteiger partial charge in [0.05, 0.1) is 19.6 Å². The summed E-state index contributed by atoms with van der Waals surface area (Å²) >= 11 is 0. The smallest absolute Gasteiger partial charge is 0.411 e. The van der Waals surface area contributed by atoms with E-state index in [1.54, 1.807) is 27.7 Å². The summed E-state index contributed by atoms with van der Waals surface area (Å²) in [5.41, 5.74) is -0.671. The highest BCUT2D eigenvalue weighted by atomic mass is 16.7. The molecule has 134 valence electrons. The highest BCUT2D eigenvalue weighted by Crippen LogP contribution is 2.34. The summed E-state index contributed by atoms with van der Waals surface area (Å²) in [6.07, 6.45) is -1.48. The molecule has 0 radical (unpaired) electrons. The maximum absolute atomic E-state index is 12.4. The molecule has 24 heavy (non-hydrogen) atoms. The number of ether oxygens (including phenoxy) is 3. The first-order chi connectivity index (χ1) is 11.2. The molecule has 0 aromatic carbocycles. The van der Waals surface area contributed by atoms with Crippen LogP contribution >= 0.6 is 0 Å². The number of hydrogen-bond acceptors (Lipinski definition) is 8. The zero-order valence-corrected chi connectivity index (χ0v) is 14.4. The molecule has 1 fully saturated rings. The summed E-state index contributed by atoms with van der Waals surface area (Å²) in [7, 11) is 1.21. The van der Waals surface area contributed by atoms with Crippen molar-refractivity contribution in [3.05, 3.63) is 0 Å². The summed E-state index contributed by atoms with van der Waals surface area (Å²) in [6.45, 7) is 7.07. The Kier molecular flexibility index (Phi) is 5.00. The molecule has 1 saturated heterocycles. The standard InChI is InChI=1S/C15H22N2O7/c1-6-22-12(18)9-8-7-17(14(20)23-15(2,3)4)10(13(19)21-5)11(8)24-16-9/h8,10-11H,6-7H2,1-5H3/t8-,10-,11+/m0/s1. The van der Waals surface area contributed by atoms with Gasteiger partial charge in [0.1, 0.15) is 5.60 Å². The number of oxime groups is 1. The van der Waals surface area contributed by atoms with Crippen molar-refractivity contribution in [2.75, 3.05) is 20.3 Å². The van der Waals surface area contributed by atoms with Crippen molar-refractivity contribution in [1.82, 2.24) is 4.90 Å². The van der Waals surface area contributed by atoms with Crippen LogP contribution in [0.15, 0.2) is 5.16 Å². The first-order valence-corrected chi connectivity index (χ1v) is 7.68. The third-order valence-corrected chi connectivity index (χ3v) is 3.62. The summed E-state index contributed by atoms with van der Waals surface area (Å²) < 4.78 is 15.0. The van der Waals surface area contributed by atoms with E-state index in [9.17, 15) is 14.4 Å². The van der Waals surface area contributed by atoms with Crippen LogP contribution < -0.4 is 0 Å². The Bertz CT molecular complexity index is 567. The van der Waals surface area contributed by atoms with Crippen molar-refractivity contribution < 1.29 is 33.4 Å². The molecule has 0 saturated carbocycles. The third kappa shape index (κ3) is 3.44. The lowest BCUT2D eigenvalue weighted by atomic mass is 9.97. The molecular formula is C15H22N2O7. The second kappa shape index (κ2) is 6.66. The highest BCUT2D eigenvalue weighted by Gasteiger charge is 2.57. The van der Waals surface area contributed by atoms with Gasteiger partial charge in [-0.25, -0.2) is 14.4 Å². The number of esters is 2. The van der Waals surface area contributed by atoms with E-state index in [4.69, 9.17) is 19.0 Å². The monoisotopic (exact) mass is 342 g/mol. The van der Waals surface area contributed by atoms with Gasteiger partial charge in [-0.05, 0) is 27.7 Å². The van der Waals surface area contributed by atoms with Crippen LogP contribution in [0.4, 0.5) is 4.79 Å². The second-order valence-electron chi connectivity index (χ2n) is 6.47. The molecule has 3 atom stereocenters. The largest absolute Gasteiger partial charge is 0.467 e. The molecule has 2 heterocycles. The van der Waals surface area contributed by atoms with E-state index in [0.29, 0.717) is 0 Å². The topological polar surface area (TPSA) is 104 Å². The summed E-state index contributed by atoms with van der Waals surface area (Å²) in [5.74, 6) is -1.85. The van der Waals surface area contributed by atoms with Gasteiger partial charge in [0.2, 0.25) is 0 Å². The quantitative estimate of drug-likeness (QED) is 0.549. The van der Waals surface area contributed by atoms with Crippen LogP contribution in [-0.4, -0.2) is 66.7 Å². The minimum atomic E-state index is -1.04. The average Bonchev–Trinajstić information content (AvgIpc) is 3.03. The molecule has 2 aliphatic heterocycles. The zero-order valence-electron chi connectivity index (χ0n) is 14.4. The van der Waals surface area contributed by atoms with E-state index in [2.05, 4.69) is 5.16 Å². The van der Waals surface area contributed by atoms with Gasteiger partial charge in [0.15, 0.2) is 17.9 Å². The van der Waals surface area contributed by atoms with Gasteiger partial charge in [-0.2, -0.15) is 0 Å². The second-order valence-corrected chi connectivity index (χ2v) is 6.47. The molecule has 0 N–H and O–H groups in total. The summed E-state index contributed by atoms with van der Waals surface area (Å²) in [4.78, 5) is 42.9. The van der Waals surface area contributed by atoms with Crippen LogP contribution in [-0.2, 0) is 28.6 Å². The lowest BCUT2D eigenvalue weighted by molar-refractivity contribution is -0.149. The van der Waals surface area contributed by atoms with Gasteiger partial charge in [0, 0.05) is 6.54 Å². The minimum absolute atomic E-state index is 0.0526. The maximum atomic E-state index is 12.4. The molecule has 0 aromatic rings. The number of carbonyl (C=O) groups is 3. The van der Waals surface area contributed by atoms with Crippen LogP contribution in [0, 0.1) is 5.92 Å². The van der Waals surface area contributed by atoms with E-state index in [1.165, 1.54) is 12.0 Å². The fraction of sp³-hybridized carbons (Fsp3) is 0.733. The Morgan fingerprint density at radius 2 is 2.00 bits per heavy atom. The van der Waals surface area contributed by atoms with Gasteiger partial charge in [-0.1, -0.05) is 5.16 Å². The van der Waals surface area contributed by atoms with Crippen LogP contribution in [0.5, 0.6) is 0 Å². The van der Waals surface area contributed by atoms with Crippen LogP contribution in [0.25, 0.3) is 0 Å². The number of fused-ring (bicyclic) bond motifs is 1. The van der Waals surface area contributed by atoms with Crippen molar-refractivity contribution in [2.24, 2.45) is 11.1 Å². The normalized spacial score (nSPS) is 25.5. The van der Waals surface area contributed by atoms with Gasteiger partial charge < -0.3 is 19.0 Å². The van der Waals surface area contributed by atoms with Gasteiger partial charge in [-0.3, -0.25) is 4.90 Å². The third-order valence-electron chi connectivity index (χ3n) is 3.62. The lowest BCUT2D eigenvalue weighted by Crippen LogP contribution is -2.47. The fourth-order valence-corrected chi connectivity index (χ4v) is 2.67. The molecular weight excluding hydrogens is 320 g/mol. The Hall–Kier alpha value is -2.32. The number of hydrogen-bond donors (Lipinski definition) is 0. The van der Waals surface area contributed by atoms with Crippen LogP contribution in [0.1, 0.15) is 27.7 Å². The Morgan fingerprint density at radius 1 is 1.33 bits per heavy atom. The van der Waals surface area contributed by atoms with Crippen LogP contribution in [0.3, 0.4) is 0 Å². The highest BCUT2D eigenvalue weighted by molar-refractivity contribution is 6.38. The Labute approximate surface area is 139 Å². The molecule has 0 aliphatic carbocycles. The molecule has 0 aromatic heterocycles. The van der Waals surface area contributed by atoms with E-state index in [1.807, 2.05) is 0 Å². The molecule has 0 unspecified atom stereocenters. The van der Waals surface area contributed by atoms with Crippen molar-refractivity contribution in [2.45, 2.75) is 45.4 Å². The predicted molar refractivity (Wildman–Crippen MR) is 81.2 cm³/mol. The SMILES string of the molecule is CCOC(=O)C1=NO[C@H]2[C@@H](C(=O)OC)N(C(=O)OC(C)(C)C)C[C@@H]12. The maximum Gasteiger partial charge on any atom is 0.411 e. The molecule has 2 aliphatic rings. The van der Waals surface area contributed by atoms with Gasteiger partial charge in [0.25, 0.3) is 0 Å². The van der Waals surface area contributed by atoms with Crippen molar-refractivity contribution in [1.29, 1.82) is 0 Å². The van der Waals surface area contributed by atoms with Crippen molar-refractivity contribution in [3.63, 3.8) is 0 Å². The molecule has 0 bridgehead atoms. The number of nitrogens with zero attached hydrogens (tertiary/aromatic N) is 2. The number of amides is 1. The van der Waals surface area contributed by atoms with Crippen LogP contribution in [0.2, 0.25) is 0 Å². The van der Waals surface area contributed by atoms with E-state index < -0.39 is 41.7 Å². The van der Waals surface area contributed by atoms with Gasteiger partial charge in [-0.15, -0.1) is 0 Å². The molecule has 9 heteroatoms. The number of methoxy groups -OCH3 is 1.